The number of aromatic nitrogens is 2. The molecule has 0 radical (unpaired) electrons. The number of benzene rings is 1. The highest BCUT2D eigenvalue weighted by molar-refractivity contribution is 14.1. The third-order valence-corrected chi connectivity index (χ3v) is 4.58. The van der Waals surface area contributed by atoms with Crippen LogP contribution in [0, 0.1) is 17.4 Å². The van der Waals surface area contributed by atoms with Gasteiger partial charge in [0.15, 0.2) is 0 Å². The van der Waals surface area contributed by atoms with E-state index in [4.69, 9.17) is 4.52 Å². The molecule has 3 aromatic rings. The lowest BCUT2D eigenvalue weighted by Gasteiger charge is -2.11. The molecule has 0 unspecified atom stereocenters. The molecule has 124 valence electrons. The third kappa shape index (κ3) is 3.15. The van der Waals surface area contributed by atoms with Gasteiger partial charge in [0.25, 0.3) is 11.6 Å². The van der Waals surface area contributed by atoms with Gasteiger partial charge in [-0.05, 0) is 72.2 Å². The van der Waals surface area contributed by atoms with Gasteiger partial charge in [0, 0.05) is 15.0 Å². The van der Waals surface area contributed by atoms with E-state index in [1.807, 2.05) is 52.0 Å². The lowest BCUT2D eigenvalue weighted by atomic mass is 10.0. The monoisotopic (exact) mass is 435 g/mol. The first-order chi connectivity index (χ1) is 11.4. The van der Waals surface area contributed by atoms with Crippen molar-refractivity contribution < 1.29 is 9.32 Å². The highest BCUT2D eigenvalue weighted by Crippen LogP contribution is 2.26. The molecule has 0 atom stereocenters. The smallest absolute Gasteiger partial charge is 0.259 e. The van der Waals surface area contributed by atoms with Gasteiger partial charge in [-0.25, -0.2) is 4.98 Å². The van der Waals surface area contributed by atoms with E-state index >= 15 is 0 Å². The maximum atomic E-state index is 12.9. The molecule has 0 aliphatic rings. The maximum Gasteiger partial charge on any atom is 0.259 e. The quantitative estimate of drug-likeness (QED) is 0.599. The van der Waals surface area contributed by atoms with E-state index in [1.165, 1.54) is 0 Å². The summed E-state index contributed by atoms with van der Waals surface area (Å²) in [6.45, 7) is 7.85. The summed E-state index contributed by atoms with van der Waals surface area (Å²) < 4.78 is 6.41. The number of carbonyl (C=O) groups excluding carboxylic acids is 1. The summed E-state index contributed by atoms with van der Waals surface area (Å²) in [5.74, 6) is 0.00584. The molecule has 6 heteroatoms. The number of aryl methyl sites for hydroxylation is 2. The minimum absolute atomic E-state index is 0.181. The zero-order chi connectivity index (χ0) is 17.4. The van der Waals surface area contributed by atoms with Crippen LogP contribution in [-0.2, 0) is 0 Å². The zero-order valence-electron chi connectivity index (χ0n) is 14.0. The molecule has 0 spiro atoms. The molecule has 2 heterocycles. The predicted molar refractivity (Wildman–Crippen MR) is 102 cm³/mol. The van der Waals surface area contributed by atoms with Crippen LogP contribution in [0.2, 0.25) is 0 Å². The minimum Gasteiger partial charge on any atom is -0.336 e. The van der Waals surface area contributed by atoms with Crippen LogP contribution in [0.15, 0.2) is 28.8 Å². The Hall–Kier alpha value is -1.96. The van der Waals surface area contributed by atoms with Crippen LogP contribution in [-0.4, -0.2) is 16.0 Å². The molecule has 0 bridgehead atoms. The molecule has 5 nitrogen and oxygen atoms in total. The fraction of sp³-hybridized carbons (Fsp3) is 0.278. The topological polar surface area (TPSA) is 68.0 Å². The lowest BCUT2D eigenvalue weighted by molar-refractivity contribution is 0.102. The van der Waals surface area contributed by atoms with Crippen LogP contribution in [0.4, 0.5) is 5.69 Å². The van der Waals surface area contributed by atoms with Crippen molar-refractivity contribution >= 4 is 45.3 Å². The van der Waals surface area contributed by atoms with Gasteiger partial charge in [0.2, 0.25) is 0 Å². The Labute approximate surface area is 154 Å². The Morgan fingerprint density at radius 1 is 1.25 bits per heavy atom. The SMILES string of the molecule is Cc1cc(I)ccc1NC(=O)c1cc(C(C)C)nc2onc(C)c12. The van der Waals surface area contributed by atoms with Crippen LogP contribution >= 0.6 is 22.6 Å². The van der Waals surface area contributed by atoms with E-state index in [0.717, 1.165) is 20.5 Å². The van der Waals surface area contributed by atoms with Gasteiger partial charge in [0.1, 0.15) is 0 Å². The average molecular weight is 435 g/mol. The van der Waals surface area contributed by atoms with E-state index in [-0.39, 0.29) is 11.8 Å². The fourth-order valence-corrected chi connectivity index (χ4v) is 3.19. The molecule has 0 saturated heterocycles. The number of anilines is 1. The number of nitrogens with zero attached hydrogens (tertiary/aromatic N) is 2. The first-order valence-electron chi connectivity index (χ1n) is 7.71. The molecule has 0 aliphatic carbocycles. The largest absolute Gasteiger partial charge is 0.336 e. The molecule has 0 aliphatic heterocycles. The number of pyridine rings is 1. The molecule has 0 fully saturated rings. The summed E-state index contributed by atoms with van der Waals surface area (Å²) in [4.78, 5) is 17.3. The number of amides is 1. The number of rotatable bonds is 3. The van der Waals surface area contributed by atoms with Crippen LogP contribution in [0.1, 0.15) is 47.1 Å². The Morgan fingerprint density at radius 3 is 2.67 bits per heavy atom. The summed E-state index contributed by atoms with van der Waals surface area (Å²) in [7, 11) is 0. The second kappa shape index (κ2) is 6.51. The fourth-order valence-electron chi connectivity index (χ4n) is 2.55. The summed E-state index contributed by atoms with van der Waals surface area (Å²) >= 11 is 2.25. The van der Waals surface area contributed by atoms with E-state index in [9.17, 15) is 4.79 Å². The Balaban J connectivity index is 2.06. The minimum atomic E-state index is -0.181. The molecular formula is C18H18IN3O2. The third-order valence-electron chi connectivity index (χ3n) is 3.91. The first-order valence-corrected chi connectivity index (χ1v) is 8.79. The first kappa shape index (κ1) is 16.9. The molecule has 2 aromatic heterocycles. The standard InChI is InChI=1S/C18H18IN3O2/c1-9(2)15-8-13(16-11(4)22-24-18(16)21-15)17(23)20-14-6-5-12(19)7-10(14)3/h5-9H,1-4H3,(H,20,23). The Morgan fingerprint density at radius 2 is 2.00 bits per heavy atom. The van der Waals surface area contributed by atoms with Crippen LogP contribution in [0.3, 0.4) is 0 Å². The molecule has 3 rings (SSSR count). The summed E-state index contributed by atoms with van der Waals surface area (Å²) in [5.41, 5.74) is 4.24. The van der Waals surface area contributed by atoms with Gasteiger partial charge < -0.3 is 9.84 Å². The predicted octanol–water partition coefficient (Wildman–Crippen LogP) is 4.82. The van der Waals surface area contributed by atoms with Gasteiger partial charge in [-0.2, -0.15) is 0 Å². The number of carbonyl (C=O) groups is 1. The van der Waals surface area contributed by atoms with E-state index in [2.05, 4.69) is 38.0 Å². The summed E-state index contributed by atoms with van der Waals surface area (Å²) in [5, 5.41) is 7.61. The average Bonchev–Trinajstić information content (AvgIpc) is 2.90. The van der Waals surface area contributed by atoms with Crippen molar-refractivity contribution in [3.05, 3.63) is 50.4 Å². The van der Waals surface area contributed by atoms with Crippen LogP contribution < -0.4 is 5.32 Å². The van der Waals surface area contributed by atoms with Gasteiger partial charge in [-0.3, -0.25) is 4.79 Å². The number of nitrogens with one attached hydrogen (secondary N) is 1. The summed E-state index contributed by atoms with van der Waals surface area (Å²) in [6.07, 6.45) is 0. The van der Waals surface area contributed by atoms with Crippen LogP contribution in [0.25, 0.3) is 11.1 Å². The lowest BCUT2D eigenvalue weighted by Crippen LogP contribution is -2.14. The van der Waals surface area contributed by atoms with Crippen LogP contribution in [0.5, 0.6) is 0 Å². The molecule has 1 N–H and O–H groups in total. The second-order valence-electron chi connectivity index (χ2n) is 6.11. The van der Waals surface area contributed by atoms with Crippen molar-refractivity contribution in [3.63, 3.8) is 0 Å². The molecule has 1 aromatic carbocycles. The van der Waals surface area contributed by atoms with Crippen molar-refractivity contribution in [1.82, 2.24) is 10.1 Å². The molecule has 0 saturated carbocycles. The highest BCUT2D eigenvalue weighted by Gasteiger charge is 2.20. The number of hydrogen-bond donors (Lipinski definition) is 1. The van der Waals surface area contributed by atoms with Crippen molar-refractivity contribution in [2.24, 2.45) is 0 Å². The van der Waals surface area contributed by atoms with Gasteiger partial charge in [-0.15, -0.1) is 0 Å². The van der Waals surface area contributed by atoms with Crippen molar-refractivity contribution in [2.75, 3.05) is 5.32 Å². The normalized spacial score (nSPS) is 11.2. The number of hydrogen-bond acceptors (Lipinski definition) is 4. The highest BCUT2D eigenvalue weighted by atomic mass is 127. The van der Waals surface area contributed by atoms with E-state index in [1.54, 1.807) is 0 Å². The van der Waals surface area contributed by atoms with Crippen molar-refractivity contribution in [3.8, 4) is 0 Å². The van der Waals surface area contributed by atoms with Crippen molar-refractivity contribution in [2.45, 2.75) is 33.6 Å². The Kier molecular flexibility index (Phi) is 4.58. The number of halogens is 1. The van der Waals surface area contributed by atoms with Crippen molar-refractivity contribution in [1.29, 1.82) is 0 Å². The number of fused-ring (bicyclic) bond motifs is 1. The van der Waals surface area contributed by atoms with E-state index in [0.29, 0.717) is 22.4 Å². The molecular weight excluding hydrogens is 417 g/mol. The second-order valence-corrected chi connectivity index (χ2v) is 7.36. The zero-order valence-corrected chi connectivity index (χ0v) is 16.1. The summed E-state index contributed by atoms with van der Waals surface area (Å²) in [6, 6.07) is 7.74. The van der Waals surface area contributed by atoms with Gasteiger partial charge in [-0.1, -0.05) is 19.0 Å². The maximum absolute atomic E-state index is 12.9. The molecule has 24 heavy (non-hydrogen) atoms. The van der Waals surface area contributed by atoms with Gasteiger partial charge >= 0.3 is 0 Å². The Bertz CT molecular complexity index is 931. The van der Waals surface area contributed by atoms with Gasteiger partial charge in [0.05, 0.1) is 16.6 Å². The molecule has 1 amide bonds. The van der Waals surface area contributed by atoms with E-state index < -0.39 is 0 Å².